The molecule has 0 bridgehead atoms. The van der Waals surface area contributed by atoms with Crippen molar-refractivity contribution in [1.29, 1.82) is 0 Å². The van der Waals surface area contributed by atoms with E-state index in [4.69, 9.17) is 19.9 Å². The van der Waals surface area contributed by atoms with Gasteiger partial charge in [-0.2, -0.15) is 0 Å². The Balaban J connectivity index is 0.978. The number of benzene rings is 8. The van der Waals surface area contributed by atoms with Gasteiger partial charge in [-0.25, -0.2) is 15.0 Å². The molecular weight excluding hydrogens is 705 g/mol. The Morgan fingerprint density at radius 2 is 0.897 bits per heavy atom. The van der Waals surface area contributed by atoms with E-state index in [0.29, 0.717) is 0 Å². The Hall–Kier alpha value is -7.82. The van der Waals surface area contributed by atoms with E-state index in [1.165, 1.54) is 32.7 Å². The smallest absolute Gasteiger partial charge is 0.0978 e. The van der Waals surface area contributed by atoms with Crippen LogP contribution in [0.25, 0.3) is 121 Å². The number of hydrogen-bond acceptors (Lipinski definition) is 4. The van der Waals surface area contributed by atoms with E-state index in [0.717, 1.165) is 88.2 Å². The molecule has 0 aliphatic carbocycles. The molecule has 12 aromatic rings. The summed E-state index contributed by atoms with van der Waals surface area (Å²) in [5.74, 6) is 0. The molecule has 0 fully saturated rings. The van der Waals surface area contributed by atoms with Gasteiger partial charge in [-0.05, 0) is 74.6 Å². The molecule has 0 aliphatic rings. The van der Waals surface area contributed by atoms with E-state index in [2.05, 4.69) is 170 Å². The zero-order valence-corrected chi connectivity index (χ0v) is 31.3. The molecule has 4 aromatic heterocycles. The Morgan fingerprint density at radius 1 is 0.293 bits per heavy atom. The molecule has 8 aromatic carbocycles. The van der Waals surface area contributed by atoms with Crippen molar-refractivity contribution in [2.24, 2.45) is 0 Å². The number of nitrogens with zero attached hydrogens (tertiary/aromatic N) is 4. The second-order valence-electron chi connectivity index (χ2n) is 15.0. The van der Waals surface area contributed by atoms with Gasteiger partial charge < -0.3 is 0 Å². The highest BCUT2D eigenvalue weighted by Crippen LogP contribution is 2.39. The quantitative estimate of drug-likeness (QED) is 0.133. The van der Waals surface area contributed by atoms with Gasteiger partial charge in [0.2, 0.25) is 0 Å². The number of rotatable bonds is 4. The molecule has 0 saturated carbocycles. The summed E-state index contributed by atoms with van der Waals surface area (Å²) in [6.45, 7) is 0. The number of pyridine rings is 4. The fourth-order valence-corrected chi connectivity index (χ4v) is 8.82. The lowest BCUT2D eigenvalue weighted by molar-refractivity contribution is 1.37. The van der Waals surface area contributed by atoms with E-state index >= 15 is 0 Å². The summed E-state index contributed by atoms with van der Waals surface area (Å²) < 4.78 is 0. The second kappa shape index (κ2) is 12.9. The zero-order valence-electron chi connectivity index (χ0n) is 31.3. The molecule has 58 heavy (non-hydrogen) atoms. The van der Waals surface area contributed by atoms with Crippen molar-refractivity contribution in [1.82, 2.24) is 19.9 Å². The molecule has 268 valence electrons. The molecule has 0 saturated heterocycles. The molecule has 0 aliphatic heterocycles. The summed E-state index contributed by atoms with van der Waals surface area (Å²) in [5.41, 5.74) is 13.3. The van der Waals surface area contributed by atoms with Crippen molar-refractivity contribution in [3.63, 3.8) is 0 Å². The summed E-state index contributed by atoms with van der Waals surface area (Å²) in [4.78, 5) is 20.6. The monoisotopic (exact) mass is 736 g/mol. The summed E-state index contributed by atoms with van der Waals surface area (Å²) in [6.07, 6.45) is 1.91. The lowest BCUT2D eigenvalue weighted by Gasteiger charge is -2.14. The van der Waals surface area contributed by atoms with Gasteiger partial charge in [-0.1, -0.05) is 152 Å². The van der Waals surface area contributed by atoms with Gasteiger partial charge in [-0.3, -0.25) is 4.98 Å². The maximum atomic E-state index is 5.36. The van der Waals surface area contributed by atoms with E-state index < -0.39 is 0 Å². The van der Waals surface area contributed by atoms with Gasteiger partial charge in [-0.15, -0.1) is 0 Å². The number of para-hydroxylation sites is 1. The van der Waals surface area contributed by atoms with Gasteiger partial charge in [0.25, 0.3) is 0 Å². The minimum Gasteiger partial charge on any atom is -0.254 e. The fourth-order valence-electron chi connectivity index (χ4n) is 8.82. The van der Waals surface area contributed by atoms with Gasteiger partial charge in [0.15, 0.2) is 0 Å². The molecule has 0 spiro atoms. The Bertz CT molecular complexity index is 3620. The lowest BCUT2D eigenvalue weighted by Crippen LogP contribution is -1.93. The highest BCUT2D eigenvalue weighted by molar-refractivity contribution is 6.17. The summed E-state index contributed by atoms with van der Waals surface area (Å²) in [7, 11) is 0. The van der Waals surface area contributed by atoms with Crippen LogP contribution >= 0.6 is 0 Å². The van der Waals surface area contributed by atoms with E-state index in [9.17, 15) is 0 Å². The molecule has 0 N–H and O–H groups in total. The molecule has 4 heteroatoms. The minimum atomic E-state index is 0.907. The van der Waals surface area contributed by atoms with Crippen LogP contribution in [-0.4, -0.2) is 19.9 Å². The SMILES string of the molecule is c1ccc(-c2ccc3ccc4c(-c5ccc6c(ccc7ccc(-c8ccc9ccc%10c(-c%11ccccc%11)c%11ccccc%11nc%10c9n8)cc76)c5)ccnc4c3n2)cc1. The predicted molar refractivity (Wildman–Crippen MR) is 242 cm³/mol. The van der Waals surface area contributed by atoms with Crippen molar-refractivity contribution < 1.29 is 0 Å². The standard InChI is InChI=1S/C54H32N4/c1-3-9-34(10-4-1)47-27-22-36-19-25-43-42(29-30-55-53(43)51(36)56-47)39-21-24-41-38(31-39)17-15-33-16-18-40(32-46(33)41)48-28-23-37-20-26-45-50(35-11-5-2-6-12-35)44-13-7-8-14-49(44)58-54(45)52(37)57-48/h1-32H. The number of aromatic nitrogens is 4. The second-order valence-corrected chi connectivity index (χ2v) is 15.0. The van der Waals surface area contributed by atoms with Gasteiger partial charge in [0.05, 0.1) is 39.0 Å². The largest absolute Gasteiger partial charge is 0.254 e. The first-order valence-corrected chi connectivity index (χ1v) is 19.6. The first kappa shape index (κ1) is 32.4. The average molecular weight is 737 g/mol. The molecule has 4 heterocycles. The third kappa shape index (κ3) is 5.16. The maximum Gasteiger partial charge on any atom is 0.0978 e. The molecule has 0 atom stereocenters. The van der Waals surface area contributed by atoms with E-state index in [1.54, 1.807) is 0 Å². The van der Waals surface area contributed by atoms with Crippen LogP contribution in [-0.2, 0) is 0 Å². The van der Waals surface area contributed by atoms with Crippen LogP contribution < -0.4 is 0 Å². The fraction of sp³-hybridized carbons (Fsp3) is 0. The predicted octanol–water partition coefficient (Wildman–Crippen LogP) is 14.0. The van der Waals surface area contributed by atoms with Crippen LogP contribution in [0.5, 0.6) is 0 Å². The topological polar surface area (TPSA) is 51.6 Å². The molecule has 0 amide bonds. The van der Waals surface area contributed by atoms with Crippen LogP contribution in [0, 0.1) is 0 Å². The Kier molecular flexibility index (Phi) is 7.20. The first-order chi connectivity index (χ1) is 28.7. The third-order valence-corrected chi connectivity index (χ3v) is 11.7. The summed E-state index contributed by atoms with van der Waals surface area (Å²) in [6, 6.07) is 66.7. The van der Waals surface area contributed by atoms with Gasteiger partial charge in [0, 0.05) is 49.8 Å². The molecule has 4 nitrogen and oxygen atoms in total. The Labute approximate surface area is 333 Å². The van der Waals surface area contributed by atoms with E-state index in [-0.39, 0.29) is 0 Å². The number of hydrogen-bond donors (Lipinski definition) is 0. The third-order valence-electron chi connectivity index (χ3n) is 11.7. The minimum absolute atomic E-state index is 0.907. The molecule has 12 rings (SSSR count). The zero-order chi connectivity index (χ0) is 38.2. The molecular formula is C54H32N4. The lowest BCUT2D eigenvalue weighted by atomic mass is 9.94. The van der Waals surface area contributed by atoms with Crippen molar-refractivity contribution in [2.45, 2.75) is 0 Å². The van der Waals surface area contributed by atoms with Gasteiger partial charge >= 0.3 is 0 Å². The first-order valence-electron chi connectivity index (χ1n) is 19.6. The van der Waals surface area contributed by atoms with Crippen LogP contribution in [0.15, 0.2) is 194 Å². The Morgan fingerprint density at radius 3 is 1.71 bits per heavy atom. The van der Waals surface area contributed by atoms with Crippen LogP contribution in [0.1, 0.15) is 0 Å². The summed E-state index contributed by atoms with van der Waals surface area (Å²) >= 11 is 0. The highest BCUT2D eigenvalue weighted by atomic mass is 14.8. The van der Waals surface area contributed by atoms with Crippen molar-refractivity contribution in [3.8, 4) is 44.8 Å². The van der Waals surface area contributed by atoms with E-state index in [1.807, 2.05) is 24.4 Å². The molecule has 0 radical (unpaired) electrons. The van der Waals surface area contributed by atoms with Crippen LogP contribution in [0.3, 0.4) is 0 Å². The normalized spacial score (nSPS) is 11.8. The molecule has 0 unspecified atom stereocenters. The van der Waals surface area contributed by atoms with Gasteiger partial charge in [0.1, 0.15) is 0 Å². The number of fused-ring (bicyclic) bond motifs is 10. The van der Waals surface area contributed by atoms with Crippen LogP contribution in [0.2, 0.25) is 0 Å². The van der Waals surface area contributed by atoms with Crippen LogP contribution in [0.4, 0.5) is 0 Å². The highest BCUT2D eigenvalue weighted by Gasteiger charge is 2.16. The van der Waals surface area contributed by atoms with Crippen molar-refractivity contribution in [3.05, 3.63) is 194 Å². The summed E-state index contributed by atoms with van der Waals surface area (Å²) in [5, 5.41) is 10.2. The maximum absolute atomic E-state index is 5.36. The van der Waals surface area contributed by atoms with Crippen molar-refractivity contribution >= 4 is 76.1 Å². The average Bonchev–Trinajstić information content (AvgIpc) is 3.30. The van der Waals surface area contributed by atoms with Crippen molar-refractivity contribution in [2.75, 3.05) is 0 Å².